The maximum atomic E-state index is 13.2. The molecule has 0 N–H and O–H groups in total. The Balaban J connectivity index is 1.88. The van der Waals surface area contributed by atoms with Gasteiger partial charge in [0, 0.05) is 7.11 Å². The van der Waals surface area contributed by atoms with E-state index in [1.165, 1.54) is 12.1 Å². The Morgan fingerprint density at radius 1 is 0.913 bits per heavy atom. The number of hydrogen-bond acceptors (Lipinski definition) is 2. The number of nitrogens with zero attached hydrogens (tertiary/aromatic N) is 1. The second kappa shape index (κ2) is 6.14. The highest BCUT2D eigenvalue weighted by molar-refractivity contribution is 5.35. The topological polar surface area (TPSA) is 33.0 Å². The lowest BCUT2D eigenvalue weighted by Gasteiger charge is -2.43. The van der Waals surface area contributed by atoms with Crippen molar-refractivity contribution in [1.29, 1.82) is 5.26 Å². The van der Waals surface area contributed by atoms with E-state index in [0.717, 1.165) is 36.8 Å². The fraction of sp³-hybridized carbons (Fsp3) is 0.350. The van der Waals surface area contributed by atoms with E-state index < -0.39 is 11.0 Å². The van der Waals surface area contributed by atoms with Crippen LogP contribution in [0.2, 0.25) is 0 Å². The number of halogens is 1. The molecule has 1 fully saturated rings. The van der Waals surface area contributed by atoms with Crippen LogP contribution in [0.4, 0.5) is 4.39 Å². The minimum Gasteiger partial charge on any atom is -0.374 e. The third-order valence-corrected chi connectivity index (χ3v) is 5.21. The first-order valence-corrected chi connectivity index (χ1v) is 7.92. The first-order valence-electron chi connectivity index (χ1n) is 7.92. The first kappa shape index (κ1) is 15.7. The summed E-state index contributed by atoms with van der Waals surface area (Å²) in [7, 11) is 1.70. The zero-order valence-corrected chi connectivity index (χ0v) is 13.3. The molecular formula is C20H20FNO. The fourth-order valence-corrected chi connectivity index (χ4v) is 3.67. The zero-order valence-electron chi connectivity index (χ0n) is 13.3. The highest BCUT2D eigenvalue weighted by atomic mass is 19.1. The van der Waals surface area contributed by atoms with Crippen LogP contribution in [0.5, 0.6) is 0 Å². The van der Waals surface area contributed by atoms with Gasteiger partial charge < -0.3 is 4.74 Å². The van der Waals surface area contributed by atoms with Gasteiger partial charge in [-0.05, 0) is 48.9 Å². The number of methoxy groups -OCH3 is 1. The van der Waals surface area contributed by atoms with Crippen molar-refractivity contribution in [3.8, 4) is 6.07 Å². The van der Waals surface area contributed by atoms with Gasteiger partial charge in [-0.2, -0.15) is 5.26 Å². The van der Waals surface area contributed by atoms with Gasteiger partial charge in [-0.3, -0.25) is 0 Å². The molecule has 0 amide bonds. The van der Waals surface area contributed by atoms with Crippen molar-refractivity contribution in [2.24, 2.45) is 0 Å². The molecule has 0 aliphatic heterocycles. The van der Waals surface area contributed by atoms with Crippen LogP contribution in [0.1, 0.15) is 36.8 Å². The fourth-order valence-electron chi connectivity index (χ4n) is 3.67. The minimum atomic E-state index is -0.455. The van der Waals surface area contributed by atoms with Gasteiger partial charge in [-0.1, -0.05) is 42.5 Å². The van der Waals surface area contributed by atoms with Crippen molar-refractivity contribution in [2.75, 3.05) is 7.11 Å². The van der Waals surface area contributed by atoms with Gasteiger partial charge in [0.1, 0.15) is 5.82 Å². The van der Waals surface area contributed by atoms with E-state index in [-0.39, 0.29) is 5.82 Å². The quantitative estimate of drug-likeness (QED) is 0.823. The number of benzene rings is 2. The number of rotatable bonds is 3. The summed E-state index contributed by atoms with van der Waals surface area (Å²) in [5, 5.41) is 9.80. The lowest BCUT2D eigenvalue weighted by Crippen LogP contribution is -2.40. The van der Waals surface area contributed by atoms with Gasteiger partial charge in [-0.25, -0.2) is 4.39 Å². The zero-order chi connectivity index (χ0) is 16.3. The Labute approximate surface area is 136 Å². The lowest BCUT2D eigenvalue weighted by atomic mass is 9.64. The van der Waals surface area contributed by atoms with E-state index in [1.807, 2.05) is 30.3 Å². The molecule has 1 saturated carbocycles. The van der Waals surface area contributed by atoms with Crippen LogP contribution in [0.25, 0.3) is 0 Å². The van der Waals surface area contributed by atoms with E-state index in [1.54, 1.807) is 19.2 Å². The summed E-state index contributed by atoms with van der Waals surface area (Å²) in [6.07, 6.45) is 2.96. The predicted molar refractivity (Wildman–Crippen MR) is 87.3 cm³/mol. The van der Waals surface area contributed by atoms with Gasteiger partial charge in [0.2, 0.25) is 0 Å². The summed E-state index contributed by atoms with van der Waals surface area (Å²) in [4.78, 5) is 0. The summed E-state index contributed by atoms with van der Waals surface area (Å²) >= 11 is 0. The molecule has 3 heteroatoms. The van der Waals surface area contributed by atoms with Crippen LogP contribution in [0.3, 0.4) is 0 Å². The van der Waals surface area contributed by atoms with Crippen LogP contribution < -0.4 is 0 Å². The monoisotopic (exact) mass is 309 g/mol. The standard InChI is InChI=1S/C20H20FNO/c1-23-20(17-7-9-18(21)10-8-17)13-11-19(15-22,12-14-20)16-5-3-2-4-6-16/h2-10H,11-14H2,1H3. The van der Waals surface area contributed by atoms with Crippen molar-refractivity contribution in [2.45, 2.75) is 36.7 Å². The molecule has 1 aliphatic rings. The van der Waals surface area contributed by atoms with Crippen molar-refractivity contribution in [3.05, 3.63) is 71.5 Å². The summed E-state index contributed by atoms with van der Waals surface area (Å²) in [5.74, 6) is -0.244. The van der Waals surface area contributed by atoms with Gasteiger partial charge in [-0.15, -0.1) is 0 Å². The molecule has 0 atom stereocenters. The van der Waals surface area contributed by atoms with Crippen molar-refractivity contribution in [1.82, 2.24) is 0 Å². The lowest BCUT2D eigenvalue weighted by molar-refractivity contribution is -0.0543. The minimum absolute atomic E-state index is 0.244. The van der Waals surface area contributed by atoms with E-state index in [4.69, 9.17) is 4.74 Å². The van der Waals surface area contributed by atoms with E-state index in [2.05, 4.69) is 6.07 Å². The van der Waals surface area contributed by atoms with Gasteiger partial charge in [0.15, 0.2) is 0 Å². The Morgan fingerprint density at radius 3 is 2.04 bits per heavy atom. The van der Waals surface area contributed by atoms with Gasteiger partial charge in [0.05, 0.1) is 17.1 Å². The highest BCUT2D eigenvalue weighted by Gasteiger charge is 2.45. The molecule has 118 valence electrons. The predicted octanol–water partition coefficient (Wildman–Crippen LogP) is 4.70. The summed E-state index contributed by atoms with van der Waals surface area (Å²) < 4.78 is 19.0. The molecule has 0 heterocycles. The molecule has 0 radical (unpaired) electrons. The number of hydrogen-bond donors (Lipinski definition) is 0. The molecule has 0 spiro atoms. The SMILES string of the molecule is COC1(c2ccc(F)cc2)CCC(C#N)(c2ccccc2)CC1. The van der Waals surface area contributed by atoms with Crippen molar-refractivity contribution >= 4 is 0 Å². The maximum absolute atomic E-state index is 13.2. The maximum Gasteiger partial charge on any atom is 0.123 e. The Kier molecular flexibility index (Phi) is 4.19. The van der Waals surface area contributed by atoms with Crippen molar-refractivity contribution in [3.63, 3.8) is 0 Å². The smallest absolute Gasteiger partial charge is 0.123 e. The van der Waals surface area contributed by atoms with Crippen LogP contribution in [0, 0.1) is 17.1 Å². The summed E-state index contributed by atoms with van der Waals surface area (Å²) in [5.41, 5.74) is 1.18. The van der Waals surface area contributed by atoms with E-state index >= 15 is 0 Å². The highest BCUT2D eigenvalue weighted by Crippen LogP contribution is 2.48. The van der Waals surface area contributed by atoms with E-state index in [0.29, 0.717) is 0 Å². The normalized spacial score (nSPS) is 27.3. The Bertz CT molecular complexity index is 695. The molecule has 0 unspecified atom stereocenters. The molecular weight excluding hydrogens is 289 g/mol. The number of ether oxygens (including phenoxy) is 1. The van der Waals surface area contributed by atoms with E-state index in [9.17, 15) is 9.65 Å². The van der Waals surface area contributed by atoms with Crippen LogP contribution in [-0.2, 0) is 15.8 Å². The van der Waals surface area contributed by atoms with Gasteiger partial charge in [0.25, 0.3) is 0 Å². The molecule has 2 aromatic rings. The summed E-state index contributed by atoms with van der Waals surface area (Å²) in [6.45, 7) is 0. The Hall–Kier alpha value is -2.18. The molecule has 3 rings (SSSR count). The second-order valence-electron chi connectivity index (χ2n) is 6.27. The van der Waals surface area contributed by atoms with Crippen LogP contribution in [-0.4, -0.2) is 7.11 Å². The summed E-state index contributed by atoms with van der Waals surface area (Å²) in [6, 6.07) is 19.1. The molecule has 0 saturated heterocycles. The molecule has 1 aliphatic carbocycles. The molecule has 2 nitrogen and oxygen atoms in total. The molecule has 23 heavy (non-hydrogen) atoms. The number of nitriles is 1. The average molecular weight is 309 g/mol. The molecule has 0 aromatic heterocycles. The van der Waals surface area contributed by atoms with Crippen molar-refractivity contribution < 1.29 is 9.13 Å². The second-order valence-corrected chi connectivity index (χ2v) is 6.27. The van der Waals surface area contributed by atoms with Gasteiger partial charge >= 0.3 is 0 Å². The first-order chi connectivity index (χ1) is 11.1. The average Bonchev–Trinajstić information content (AvgIpc) is 2.63. The van der Waals surface area contributed by atoms with Crippen LogP contribution >= 0.6 is 0 Å². The van der Waals surface area contributed by atoms with Crippen LogP contribution in [0.15, 0.2) is 54.6 Å². The molecule has 0 bridgehead atoms. The third-order valence-electron chi connectivity index (χ3n) is 5.21. The molecule has 2 aromatic carbocycles. The Morgan fingerprint density at radius 2 is 1.52 bits per heavy atom. The largest absolute Gasteiger partial charge is 0.374 e. The third kappa shape index (κ3) is 2.75.